The van der Waals surface area contributed by atoms with Gasteiger partial charge in [0.25, 0.3) is 0 Å². The number of piperidine rings is 1. The third-order valence-corrected chi connectivity index (χ3v) is 5.34. The minimum atomic E-state index is 0.300. The molecule has 3 heterocycles. The molecule has 3 rings (SSSR count). The lowest BCUT2D eigenvalue weighted by Gasteiger charge is -2.32. The largest absolute Gasteiger partial charge is 0.378 e. The van der Waals surface area contributed by atoms with Crippen molar-refractivity contribution < 1.29 is 9.53 Å². The first-order valence-corrected chi connectivity index (χ1v) is 9.68. The van der Waals surface area contributed by atoms with Gasteiger partial charge in [0.15, 0.2) is 0 Å². The summed E-state index contributed by atoms with van der Waals surface area (Å²) in [5, 5.41) is 0. The normalized spacial score (nSPS) is 19.5. The lowest BCUT2D eigenvalue weighted by Crippen LogP contribution is -2.41. The highest BCUT2D eigenvalue weighted by Crippen LogP contribution is 2.23. The molecule has 2 aliphatic heterocycles. The van der Waals surface area contributed by atoms with E-state index in [1.807, 2.05) is 36.3 Å². The lowest BCUT2D eigenvalue weighted by molar-refractivity contribution is -0.135. The Labute approximate surface area is 156 Å². The van der Waals surface area contributed by atoms with Gasteiger partial charge in [-0.15, -0.1) is 0 Å². The van der Waals surface area contributed by atoms with Crippen molar-refractivity contribution in [2.24, 2.45) is 5.92 Å². The molecule has 0 N–H and O–H groups in total. The second-order valence-electron chi connectivity index (χ2n) is 7.54. The van der Waals surface area contributed by atoms with Gasteiger partial charge >= 0.3 is 0 Å². The SMILES string of the molecule is CN(C)c1ncc(CN2CCC(CCC(=O)N3CCOCC3)CC2)cn1. The molecular formula is C19H31N5O2. The average Bonchev–Trinajstić information content (AvgIpc) is 2.68. The number of ether oxygens (including phenoxy) is 1. The van der Waals surface area contributed by atoms with Crippen molar-refractivity contribution in [3.05, 3.63) is 18.0 Å². The molecule has 7 nitrogen and oxygen atoms in total. The van der Waals surface area contributed by atoms with Crippen molar-refractivity contribution in [3.8, 4) is 0 Å². The number of anilines is 1. The Morgan fingerprint density at radius 3 is 2.42 bits per heavy atom. The van der Waals surface area contributed by atoms with Crippen LogP contribution < -0.4 is 4.90 Å². The summed E-state index contributed by atoms with van der Waals surface area (Å²) in [5.41, 5.74) is 1.16. The fourth-order valence-corrected chi connectivity index (χ4v) is 3.65. The molecule has 1 amide bonds. The van der Waals surface area contributed by atoms with Gasteiger partial charge in [-0.3, -0.25) is 9.69 Å². The average molecular weight is 361 g/mol. The molecule has 1 aromatic rings. The number of likely N-dealkylation sites (tertiary alicyclic amines) is 1. The van der Waals surface area contributed by atoms with E-state index >= 15 is 0 Å². The molecule has 7 heteroatoms. The zero-order valence-corrected chi connectivity index (χ0v) is 16.1. The summed E-state index contributed by atoms with van der Waals surface area (Å²) in [5.74, 6) is 1.72. The van der Waals surface area contributed by atoms with Crippen LogP contribution in [0, 0.1) is 5.92 Å². The lowest BCUT2D eigenvalue weighted by atomic mass is 9.92. The van der Waals surface area contributed by atoms with Crippen LogP contribution in [-0.2, 0) is 16.1 Å². The van der Waals surface area contributed by atoms with Crippen LogP contribution in [0.1, 0.15) is 31.2 Å². The zero-order chi connectivity index (χ0) is 18.4. The maximum atomic E-state index is 12.3. The van der Waals surface area contributed by atoms with Gasteiger partial charge in [-0.25, -0.2) is 9.97 Å². The molecule has 144 valence electrons. The Kier molecular flexibility index (Phi) is 6.80. The van der Waals surface area contributed by atoms with Gasteiger partial charge in [-0.2, -0.15) is 0 Å². The Morgan fingerprint density at radius 2 is 1.81 bits per heavy atom. The summed E-state index contributed by atoms with van der Waals surface area (Å²) in [4.78, 5) is 27.4. The van der Waals surface area contributed by atoms with Gasteiger partial charge in [-0.05, 0) is 38.3 Å². The molecule has 0 atom stereocenters. The molecule has 0 aliphatic carbocycles. The molecule has 0 radical (unpaired) electrons. The molecule has 0 unspecified atom stereocenters. The minimum Gasteiger partial charge on any atom is -0.378 e. The quantitative estimate of drug-likeness (QED) is 0.763. The smallest absolute Gasteiger partial charge is 0.224 e. The summed E-state index contributed by atoms with van der Waals surface area (Å²) < 4.78 is 5.31. The van der Waals surface area contributed by atoms with Crippen LogP contribution in [0.15, 0.2) is 12.4 Å². The third kappa shape index (κ3) is 5.38. The highest BCUT2D eigenvalue weighted by Gasteiger charge is 2.22. The van der Waals surface area contributed by atoms with Crippen LogP contribution in [0.5, 0.6) is 0 Å². The van der Waals surface area contributed by atoms with Crippen LogP contribution in [0.3, 0.4) is 0 Å². The number of amides is 1. The highest BCUT2D eigenvalue weighted by molar-refractivity contribution is 5.76. The molecule has 0 bridgehead atoms. The van der Waals surface area contributed by atoms with Gasteiger partial charge in [0.2, 0.25) is 11.9 Å². The van der Waals surface area contributed by atoms with E-state index in [0.29, 0.717) is 31.5 Å². The fraction of sp³-hybridized carbons (Fsp3) is 0.737. The summed E-state index contributed by atoms with van der Waals surface area (Å²) in [6.45, 7) is 5.97. The first-order valence-electron chi connectivity index (χ1n) is 9.68. The maximum absolute atomic E-state index is 12.3. The molecule has 2 fully saturated rings. The molecule has 0 saturated carbocycles. The van der Waals surface area contributed by atoms with Gasteiger partial charge < -0.3 is 14.5 Å². The number of nitrogens with zero attached hydrogens (tertiary/aromatic N) is 5. The van der Waals surface area contributed by atoms with Crippen molar-refractivity contribution in [2.75, 3.05) is 58.4 Å². The molecule has 2 saturated heterocycles. The maximum Gasteiger partial charge on any atom is 0.224 e. The molecule has 26 heavy (non-hydrogen) atoms. The number of carbonyl (C=O) groups is 1. The minimum absolute atomic E-state index is 0.300. The summed E-state index contributed by atoms with van der Waals surface area (Å²) >= 11 is 0. The van der Waals surface area contributed by atoms with Crippen molar-refractivity contribution in [1.82, 2.24) is 19.8 Å². The second kappa shape index (κ2) is 9.28. The predicted molar refractivity (Wildman–Crippen MR) is 101 cm³/mol. The van der Waals surface area contributed by atoms with E-state index in [0.717, 1.165) is 50.7 Å². The third-order valence-electron chi connectivity index (χ3n) is 5.34. The number of hydrogen-bond acceptors (Lipinski definition) is 6. The zero-order valence-electron chi connectivity index (χ0n) is 16.1. The van der Waals surface area contributed by atoms with Crippen LogP contribution in [0.25, 0.3) is 0 Å². The van der Waals surface area contributed by atoms with Gasteiger partial charge in [-0.1, -0.05) is 0 Å². The van der Waals surface area contributed by atoms with Crippen LogP contribution in [0.2, 0.25) is 0 Å². The van der Waals surface area contributed by atoms with Crippen molar-refractivity contribution in [2.45, 2.75) is 32.2 Å². The first-order chi connectivity index (χ1) is 12.6. The predicted octanol–water partition coefficient (Wildman–Crippen LogP) is 1.39. The van der Waals surface area contributed by atoms with Crippen molar-refractivity contribution in [1.29, 1.82) is 0 Å². The van der Waals surface area contributed by atoms with E-state index in [4.69, 9.17) is 4.74 Å². The second-order valence-corrected chi connectivity index (χ2v) is 7.54. The summed E-state index contributed by atoms with van der Waals surface area (Å²) in [7, 11) is 3.90. The van der Waals surface area contributed by atoms with E-state index in [2.05, 4.69) is 14.9 Å². The Hall–Kier alpha value is -1.73. The monoisotopic (exact) mass is 361 g/mol. The topological polar surface area (TPSA) is 61.8 Å². The Bertz CT molecular complexity index is 564. The number of morpholine rings is 1. The Morgan fingerprint density at radius 1 is 1.15 bits per heavy atom. The molecule has 2 aliphatic rings. The van der Waals surface area contributed by atoms with Crippen LogP contribution in [0.4, 0.5) is 5.95 Å². The molecule has 0 spiro atoms. The number of carbonyl (C=O) groups excluding carboxylic acids is 1. The molecule has 1 aromatic heterocycles. The number of hydrogen-bond donors (Lipinski definition) is 0. The van der Waals surface area contributed by atoms with E-state index in [1.54, 1.807) is 0 Å². The van der Waals surface area contributed by atoms with E-state index in [1.165, 1.54) is 12.8 Å². The van der Waals surface area contributed by atoms with Crippen LogP contribution in [-0.4, -0.2) is 79.2 Å². The van der Waals surface area contributed by atoms with Gasteiger partial charge in [0.05, 0.1) is 13.2 Å². The van der Waals surface area contributed by atoms with Gasteiger partial charge in [0.1, 0.15) is 0 Å². The first kappa shape index (κ1) is 19.0. The highest BCUT2D eigenvalue weighted by atomic mass is 16.5. The Balaban J connectivity index is 1.36. The molecule has 0 aromatic carbocycles. The van der Waals surface area contributed by atoms with Crippen molar-refractivity contribution in [3.63, 3.8) is 0 Å². The van der Waals surface area contributed by atoms with E-state index in [-0.39, 0.29) is 0 Å². The summed E-state index contributed by atoms with van der Waals surface area (Å²) in [6, 6.07) is 0. The standard InChI is InChI=1S/C19H31N5O2/c1-22(2)19-20-13-17(14-21-19)15-23-7-5-16(6-8-23)3-4-18(25)24-9-11-26-12-10-24/h13-14,16H,3-12,15H2,1-2H3. The molecular weight excluding hydrogens is 330 g/mol. The summed E-state index contributed by atoms with van der Waals surface area (Å²) in [6.07, 6.45) is 7.90. The number of aromatic nitrogens is 2. The fourth-order valence-electron chi connectivity index (χ4n) is 3.65. The van der Waals surface area contributed by atoms with Crippen LogP contribution >= 0.6 is 0 Å². The van der Waals surface area contributed by atoms with Gasteiger partial charge in [0, 0.05) is 58.1 Å². The van der Waals surface area contributed by atoms with E-state index in [9.17, 15) is 4.79 Å². The van der Waals surface area contributed by atoms with Crippen molar-refractivity contribution >= 4 is 11.9 Å². The van der Waals surface area contributed by atoms with E-state index < -0.39 is 0 Å². The number of rotatable bonds is 6.